The molecule has 1 fully saturated rings. The molecule has 9 nitrogen and oxygen atoms in total. The Bertz CT molecular complexity index is 946. The molecule has 0 aliphatic carbocycles. The van der Waals surface area contributed by atoms with E-state index in [1.807, 2.05) is 5.38 Å². The van der Waals surface area contributed by atoms with Crippen LogP contribution in [0.4, 0.5) is 11.4 Å². The van der Waals surface area contributed by atoms with Crippen LogP contribution in [0.2, 0.25) is 0 Å². The number of piperidine rings is 1. The van der Waals surface area contributed by atoms with Crippen molar-refractivity contribution < 1.29 is 24.0 Å². The number of nitro benzene ring substituents is 1. The third kappa shape index (κ3) is 5.01. The van der Waals surface area contributed by atoms with Gasteiger partial charge in [-0.2, -0.15) is 0 Å². The first-order valence-corrected chi connectivity index (χ1v) is 10.3. The average molecular weight is 431 g/mol. The largest absolute Gasteiger partial charge is 0.452 e. The van der Waals surface area contributed by atoms with Crippen molar-refractivity contribution in [3.63, 3.8) is 0 Å². The molecule has 2 amide bonds. The van der Waals surface area contributed by atoms with E-state index in [0.29, 0.717) is 24.3 Å². The highest BCUT2D eigenvalue weighted by atomic mass is 32.1. The smallest absolute Gasteiger partial charge is 0.311 e. The summed E-state index contributed by atoms with van der Waals surface area (Å²) in [6, 6.07) is 9.26. The summed E-state index contributed by atoms with van der Waals surface area (Å²) < 4.78 is 5.29. The summed E-state index contributed by atoms with van der Waals surface area (Å²) in [5.74, 6) is -1.88. The molecule has 0 radical (unpaired) electrons. The molecule has 1 saturated heterocycles. The molecule has 0 bridgehead atoms. The normalized spacial score (nSPS) is 17.1. The Balaban J connectivity index is 1.58. The van der Waals surface area contributed by atoms with Gasteiger partial charge in [-0.3, -0.25) is 24.5 Å². The summed E-state index contributed by atoms with van der Waals surface area (Å²) in [6.07, 6.45) is 0.0832. The molecular weight excluding hydrogens is 410 g/mol. The second-order valence-electron chi connectivity index (χ2n) is 6.91. The maximum Gasteiger partial charge on any atom is 0.311 e. The minimum atomic E-state index is -1.14. The molecule has 0 saturated carbocycles. The van der Waals surface area contributed by atoms with E-state index in [2.05, 4.69) is 5.32 Å². The van der Waals surface area contributed by atoms with Gasteiger partial charge >= 0.3 is 5.97 Å². The topological polar surface area (TPSA) is 119 Å². The summed E-state index contributed by atoms with van der Waals surface area (Å²) in [5.41, 5.74) is -0.222. The van der Waals surface area contributed by atoms with E-state index in [1.165, 1.54) is 36.5 Å². The number of ether oxygens (including phenoxy) is 1. The van der Waals surface area contributed by atoms with Crippen LogP contribution in [-0.4, -0.2) is 46.8 Å². The van der Waals surface area contributed by atoms with Crippen molar-refractivity contribution in [2.24, 2.45) is 5.92 Å². The molecule has 2 atom stereocenters. The number of esters is 1. The van der Waals surface area contributed by atoms with Crippen molar-refractivity contribution in [2.75, 3.05) is 18.4 Å². The van der Waals surface area contributed by atoms with Gasteiger partial charge in [-0.25, -0.2) is 0 Å². The van der Waals surface area contributed by atoms with Gasteiger partial charge in [-0.15, -0.1) is 11.3 Å². The molecule has 1 N–H and O–H groups in total. The molecule has 2 unspecified atom stereocenters. The number of para-hydroxylation sites is 2. The third-order valence-corrected chi connectivity index (χ3v) is 5.65. The van der Waals surface area contributed by atoms with Crippen molar-refractivity contribution in [3.8, 4) is 0 Å². The lowest BCUT2D eigenvalue weighted by Crippen LogP contribution is -2.43. The quantitative estimate of drug-likeness (QED) is 0.426. The van der Waals surface area contributed by atoms with Crippen molar-refractivity contribution in [3.05, 3.63) is 56.8 Å². The standard InChI is InChI=1S/C20H21N3O6S/c1-13(18(24)21-15-7-2-3-8-16(15)23(27)28)29-20(26)14-6-4-10-22(12-14)19(25)17-9-5-11-30-17/h2-3,5,7-9,11,13-14H,4,6,10,12H2,1H3,(H,21,24). The fourth-order valence-electron chi connectivity index (χ4n) is 3.21. The molecule has 30 heavy (non-hydrogen) atoms. The van der Waals surface area contributed by atoms with E-state index < -0.39 is 28.8 Å². The fourth-order valence-corrected chi connectivity index (χ4v) is 3.90. The highest BCUT2D eigenvalue weighted by Gasteiger charge is 2.32. The Morgan fingerprint density at radius 2 is 2.03 bits per heavy atom. The Morgan fingerprint density at radius 3 is 2.73 bits per heavy atom. The number of thiophene rings is 1. The lowest BCUT2D eigenvalue weighted by molar-refractivity contribution is -0.383. The zero-order chi connectivity index (χ0) is 21.7. The van der Waals surface area contributed by atoms with Crippen LogP contribution in [0.3, 0.4) is 0 Å². The van der Waals surface area contributed by atoms with Crippen molar-refractivity contribution in [1.29, 1.82) is 0 Å². The van der Waals surface area contributed by atoms with Gasteiger partial charge in [0, 0.05) is 19.2 Å². The molecule has 1 aliphatic rings. The molecule has 1 aromatic heterocycles. The number of nitro groups is 1. The predicted molar refractivity (Wildman–Crippen MR) is 110 cm³/mol. The van der Waals surface area contributed by atoms with E-state index in [1.54, 1.807) is 23.1 Å². The number of hydrogen-bond acceptors (Lipinski definition) is 7. The van der Waals surface area contributed by atoms with E-state index in [9.17, 15) is 24.5 Å². The summed E-state index contributed by atoms with van der Waals surface area (Å²) in [6.45, 7) is 2.20. The fraction of sp³-hybridized carbons (Fsp3) is 0.350. The Hall–Kier alpha value is -3.27. The van der Waals surface area contributed by atoms with Crippen LogP contribution < -0.4 is 5.32 Å². The minimum absolute atomic E-state index is 0.0285. The van der Waals surface area contributed by atoms with Crippen molar-refractivity contribution in [2.45, 2.75) is 25.9 Å². The third-order valence-electron chi connectivity index (χ3n) is 4.79. The van der Waals surface area contributed by atoms with Gasteiger partial charge in [0.25, 0.3) is 17.5 Å². The van der Waals surface area contributed by atoms with E-state index in [-0.39, 0.29) is 23.8 Å². The number of carbonyl (C=O) groups is 3. The molecule has 0 spiro atoms. The number of amides is 2. The maximum absolute atomic E-state index is 12.5. The van der Waals surface area contributed by atoms with Crippen LogP contribution in [-0.2, 0) is 14.3 Å². The van der Waals surface area contributed by atoms with Crippen LogP contribution in [0.15, 0.2) is 41.8 Å². The first-order chi connectivity index (χ1) is 14.4. The minimum Gasteiger partial charge on any atom is -0.452 e. The average Bonchev–Trinajstić information content (AvgIpc) is 3.28. The molecule has 1 aliphatic heterocycles. The van der Waals surface area contributed by atoms with Gasteiger partial charge in [0.05, 0.1) is 15.7 Å². The number of hydrogen-bond donors (Lipinski definition) is 1. The molecule has 158 valence electrons. The van der Waals surface area contributed by atoms with Gasteiger partial charge in [0.2, 0.25) is 0 Å². The zero-order valence-corrected chi connectivity index (χ0v) is 17.1. The van der Waals surface area contributed by atoms with Gasteiger partial charge in [-0.05, 0) is 37.3 Å². The number of nitrogens with one attached hydrogen (secondary N) is 1. The molecule has 3 rings (SSSR count). The first-order valence-electron chi connectivity index (χ1n) is 9.44. The Kier molecular flexibility index (Phi) is 6.78. The molecular formula is C20H21N3O6S. The highest BCUT2D eigenvalue weighted by Crippen LogP contribution is 2.24. The highest BCUT2D eigenvalue weighted by molar-refractivity contribution is 7.12. The summed E-state index contributed by atoms with van der Waals surface area (Å²) in [4.78, 5) is 50.1. The van der Waals surface area contributed by atoms with Gasteiger partial charge < -0.3 is 15.0 Å². The number of anilines is 1. The lowest BCUT2D eigenvalue weighted by Gasteiger charge is -2.31. The van der Waals surface area contributed by atoms with Crippen molar-refractivity contribution >= 4 is 40.5 Å². The number of nitrogens with zero attached hydrogens (tertiary/aromatic N) is 2. The second-order valence-corrected chi connectivity index (χ2v) is 7.86. The van der Waals surface area contributed by atoms with E-state index in [4.69, 9.17) is 4.74 Å². The number of rotatable bonds is 6. The van der Waals surface area contributed by atoms with Crippen LogP contribution in [0, 0.1) is 16.0 Å². The maximum atomic E-state index is 12.5. The van der Waals surface area contributed by atoms with Gasteiger partial charge in [0.1, 0.15) is 5.69 Å². The second kappa shape index (κ2) is 9.49. The monoisotopic (exact) mass is 431 g/mol. The molecule has 2 aromatic rings. The Labute approximate surface area is 176 Å². The van der Waals surface area contributed by atoms with Crippen LogP contribution in [0.5, 0.6) is 0 Å². The van der Waals surface area contributed by atoms with Gasteiger partial charge in [0.15, 0.2) is 6.10 Å². The SMILES string of the molecule is CC(OC(=O)C1CCCN(C(=O)c2cccs2)C1)C(=O)Nc1ccccc1[N+](=O)[O-]. The number of carbonyl (C=O) groups excluding carboxylic acids is 3. The van der Waals surface area contributed by atoms with Crippen LogP contribution in [0.1, 0.15) is 29.4 Å². The molecule has 10 heteroatoms. The van der Waals surface area contributed by atoms with Crippen molar-refractivity contribution in [1.82, 2.24) is 4.90 Å². The Morgan fingerprint density at radius 1 is 1.27 bits per heavy atom. The molecule has 1 aromatic carbocycles. The zero-order valence-electron chi connectivity index (χ0n) is 16.3. The first kappa shape index (κ1) is 21.4. The van der Waals surface area contributed by atoms with Gasteiger partial charge in [-0.1, -0.05) is 18.2 Å². The summed E-state index contributed by atoms with van der Waals surface area (Å²) in [7, 11) is 0. The number of benzene rings is 1. The molecule has 2 heterocycles. The van der Waals surface area contributed by atoms with Crippen LogP contribution >= 0.6 is 11.3 Å². The van der Waals surface area contributed by atoms with E-state index >= 15 is 0 Å². The lowest BCUT2D eigenvalue weighted by atomic mass is 9.98. The van der Waals surface area contributed by atoms with Crippen LogP contribution in [0.25, 0.3) is 0 Å². The predicted octanol–water partition coefficient (Wildman–Crippen LogP) is 3.08. The summed E-state index contributed by atoms with van der Waals surface area (Å²) >= 11 is 1.34. The summed E-state index contributed by atoms with van der Waals surface area (Å²) in [5, 5.41) is 15.3. The van der Waals surface area contributed by atoms with E-state index in [0.717, 1.165) is 0 Å². The number of likely N-dealkylation sites (tertiary alicyclic amines) is 1.